The summed E-state index contributed by atoms with van der Waals surface area (Å²) in [4.78, 5) is 0. The van der Waals surface area contributed by atoms with E-state index in [4.69, 9.17) is 0 Å². The monoisotopic (exact) mass is 220 g/mol. The Morgan fingerprint density at radius 1 is 1.31 bits per heavy atom. The summed E-state index contributed by atoms with van der Waals surface area (Å²) in [7, 11) is 0. The van der Waals surface area contributed by atoms with Crippen molar-refractivity contribution in [3.05, 3.63) is 11.6 Å². The van der Waals surface area contributed by atoms with Crippen molar-refractivity contribution in [3.63, 3.8) is 0 Å². The van der Waals surface area contributed by atoms with E-state index in [2.05, 4.69) is 26.8 Å². The molecule has 0 aromatic rings. The first kappa shape index (κ1) is 10.8. The maximum atomic E-state index is 9.52. The van der Waals surface area contributed by atoms with Gasteiger partial charge in [0.05, 0.1) is 6.61 Å². The molecule has 0 bridgehead atoms. The third-order valence-electron chi connectivity index (χ3n) is 6.42. The van der Waals surface area contributed by atoms with Gasteiger partial charge in [0.25, 0.3) is 0 Å². The first-order chi connectivity index (χ1) is 7.55. The van der Waals surface area contributed by atoms with Crippen LogP contribution in [-0.4, -0.2) is 11.7 Å². The molecule has 90 valence electrons. The first-order valence-corrected chi connectivity index (χ1v) is 6.87. The van der Waals surface area contributed by atoms with Gasteiger partial charge in [-0.15, -0.1) is 0 Å². The topological polar surface area (TPSA) is 20.2 Å². The highest BCUT2D eigenvalue weighted by atomic mass is 16.3. The fourth-order valence-corrected chi connectivity index (χ4v) is 5.59. The Labute approximate surface area is 98.9 Å². The summed E-state index contributed by atoms with van der Waals surface area (Å²) in [5.41, 5.74) is 2.21. The second-order valence-electron chi connectivity index (χ2n) is 6.72. The van der Waals surface area contributed by atoms with E-state index in [1.807, 2.05) is 0 Å². The molecule has 0 amide bonds. The summed E-state index contributed by atoms with van der Waals surface area (Å²) < 4.78 is 0. The van der Waals surface area contributed by atoms with E-state index < -0.39 is 0 Å². The molecule has 0 aromatic carbocycles. The lowest BCUT2D eigenvalue weighted by atomic mass is 9.61. The van der Waals surface area contributed by atoms with Gasteiger partial charge in [-0.2, -0.15) is 0 Å². The van der Waals surface area contributed by atoms with Crippen LogP contribution in [0.1, 0.15) is 46.5 Å². The number of hydrogen-bond donors (Lipinski definition) is 1. The highest BCUT2D eigenvalue weighted by molar-refractivity contribution is 5.32. The van der Waals surface area contributed by atoms with Gasteiger partial charge in [0.1, 0.15) is 0 Å². The highest BCUT2D eigenvalue weighted by Crippen LogP contribution is 2.73. The molecule has 1 N–H and O–H groups in total. The predicted molar refractivity (Wildman–Crippen MR) is 66.0 cm³/mol. The van der Waals surface area contributed by atoms with E-state index in [1.165, 1.54) is 31.3 Å². The van der Waals surface area contributed by atoms with Crippen LogP contribution >= 0.6 is 0 Å². The van der Waals surface area contributed by atoms with Crippen molar-refractivity contribution in [3.8, 4) is 0 Å². The Morgan fingerprint density at radius 2 is 2.06 bits per heavy atom. The SMILES string of the molecule is C[C@@H]1C(CO)=C[C@@]2(C)CC[C@@H]3[C@@H](C)CC[C@@]132. The maximum Gasteiger partial charge on any atom is 0.0644 e. The quantitative estimate of drug-likeness (QED) is 0.672. The van der Waals surface area contributed by atoms with Gasteiger partial charge >= 0.3 is 0 Å². The summed E-state index contributed by atoms with van der Waals surface area (Å²) in [6.07, 6.45) is 7.98. The first-order valence-electron chi connectivity index (χ1n) is 6.87. The van der Waals surface area contributed by atoms with Gasteiger partial charge < -0.3 is 5.11 Å². The molecule has 0 heterocycles. The standard InChI is InChI=1S/C15H24O/c1-10-4-7-15-11(2)12(9-16)8-14(15,3)6-5-13(10)15/h8,10-11,13,16H,4-7,9H2,1-3H3/t10-,11+,13+,14+,15+/m0/s1. The summed E-state index contributed by atoms with van der Waals surface area (Å²) in [6, 6.07) is 0. The van der Waals surface area contributed by atoms with E-state index >= 15 is 0 Å². The molecule has 16 heavy (non-hydrogen) atoms. The van der Waals surface area contributed by atoms with Crippen molar-refractivity contribution in [2.45, 2.75) is 46.5 Å². The number of aliphatic hydroxyl groups excluding tert-OH is 1. The van der Waals surface area contributed by atoms with E-state index in [0.717, 1.165) is 11.8 Å². The van der Waals surface area contributed by atoms with Crippen LogP contribution in [-0.2, 0) is 0 Å². The van der Waals surface area contributed by atoms with Gasteiger partial charge in [-0.05, 0) is 59.8 Å². The average molecular weight is 220 g/mol. The number of hydrogen-bond acceptors (Lipinski definition) is 1. The number of rotatable bonds is 1. The van der Waals surface area contributed by atoms with Crippen LogP contribution in [0.4, 0.5) is 0 Å². The summed E-state index contributed by atoms with van der Waals surface area (Å²) in [6.45, 7) is 7.53. The molecule has 1 heteroatoms. The average Bonchev–Trinajstić information content (AvgIpc) is 2.80. The lowest BCUT2D eigenvalue weighted by Gasteiger charge is -2.42. The molecule has 3 rings (SSSR count). The Hall–Kier alpha value is -0.300. The molecule has 0 unspecified atom stereocenters. The molecule has 0 aromatic heterocycles. The van der Waals surface area contributed by atoms with Gasteiger partial charge in [-0.25, -0.2) is 0 Å². The second-order valence-corrected chi connectivity index (χ2v) is 6.72. The lowest BCUT2D eigenvalue weighted by Crippen LogP contribution is -2.38. The van der Waals surface area contributed by atoms with Gasteiger partial charge in [-0.3, -0.25) is 0 Å². The normalized spacial score (nSPS) is 55.0. The van der Waals surface area contributed by atoms with E-state index in [0.29, 0.717) is 16.7 Å². The van der Waals surface area contributed by atoms with Crippen LogP contribution in [0.15, 0.2) is 11.6 Å². The fraction of sp³-hybridized carbons (Fsp3) is 0.867. The molecule has 0 aliphatic heterocycles. The number of allylic oxidation sites excluding steroid dienone is 1. The summed E-state index contributed by atoms with van der Waals surface area (Å²) in [5, 5.41) is 9.52. The van der Waals surface area contributed by atoms with E-state index in [1.54, 1.807) is 0 Å². The largest absolute Gasteiger partial charge is 0.392 e. The van der Waals surface area contributed by atoms with Crippen LogP contribution in [0.3, 0.4) is 0 Å². The van der Waals surface area contributed by atoms with E-state index in [-0.39, 0.29) is 6.61 Å². The molecule has 0 saturated heterocycles. The second kappa shape index (κ2) is 3.13. The Balaban J connectivity index is 2.08. The molecule has 2 saturated carbocycles. The minimum Gasteiger partial charge on any atom is -0.392 e. The third kappa shape index (κ3) is 0.971. The molecule has 1 spiro atoms. The van der Waals surface area contributed by atoms with Crippen molar-refractivity contribution in [2.24, 2.45) is 28.6 Å². The van der Waals surface area contributed by atoms with Crippen molar-refractivity contribution >= 4 is 0 Å². The predicted octanol–water partition coefficient (Wildman–Crippen LogP) is 3.39. The molecule has 3 aliphatic carbocycles. The van der Waals surface area contributed by atoms with Crippen LogP contribution in [0.5, 0.6) is 0 Å². The maximum absolute atomic E-state index is 9.52. The Kier molecular flexibility index (Phi) is 2.12. The van der Waals surface area contributed by atoms with Crippen LogP contribution in [0.25, 0.3) is 0 Å². The molecule has 2 fully saturated rings. The van der Waals surface area contributed by atoms with Crippen molar-refractivity contribution < 1.29 is 5.11 Å². The lowest BCUT2D eigenvalue weighted by molar-refractivity contribution is 0.0702. The molecule has 3 aliphatic rings. The molecule has 0 radical (unpaired) electrons. The van der Waals surface area contributed by atoms with Crippen molar-refractivity contribution in [1.29, 1.82) is 0 Å². The zero-order chi connectivity index (χ0) is 11.6. The van der Waals surface area contributed by atoms with Gasteiger partial charge in [-0.1, -0.05) is 26.8 Å². The Morgan fingerprint density at radius 3 is 2.75 bits per heavy atom. The summed E-state index contributed by atoms with van der Waals surface area (Å²) >= 11 is 0. The van der Waals surface area contributed by atoms with Crippen LogP contribution in [0.2, 0.25) is 0 Å². The third-order valence-corrected chi connectivity index (χ3v) is 6.42. The minimum absolute atomic E-state index is 0.277. The summed E-state index contributed by atoms with van der Waals surface area (Å²) in [5.74, 6) is 2.42. The van der Waals surface area contributed by atoms with Crippen molar-refractivity contribution in [1.82, 2.24) is 0 Å². The zero-order valence-corrected chi connectivity index (χ0v) is 10.8. The van der Waals surface area contributed by atoms with Gasteiger partial charge in [0.15, 0.2) is 0 Å². The smallest absolute Gasteiger partial charge is 0.0644 e. The molecule has 1 nitrogen and oxygen atoms in total. The molecule has 5 atom stereocenters. The number of aliphatic hydroxyl groups is 1. The van der Waals surface area contributed by atoms with Crippen LogP contribution in [0, 0.1) is 28.6 Å². The van der Waals surface area contributed by atoms with E-state index in [9.17, 15) is 5.11 Å². The minimum atomic E-state index is 0.277. The molecular weight excluding hydrogens is 196 g/mol. The Bertz CT molecular complexity index is 345. The van der Waals surface area contributed by atoms with Crippen LogP contribution < -0.4 is 0 Å². The van der Waals surface area contributed by atoms with Crippen molar-refractivity contribution in [2.75, 3.05) is 6.61 Å². The fourth-order valence-electron chi connectivity index (χ4n) is 5.59. The van der Waals surface area contributed by atoms with Gasteiger partial charge in [0.2, 0.25) is 0 Å². The molecular formula is C15H24O. The van der Waals surface area contributed by atoms with Gasteiger partial charge in [0, 0.05) is 0 Å². The zero-order valence-electron chi connectivity index (χ0n) is 10.8. The highest BCUT2D eigenvalue weighted by Gasteiger charge is 2.65.